The molecular weight excluding hydrogens is 655 g/mol. The maximum atomic E-state index is 9.22. The molecule has 48 heavy (non-hydrogen) atoms. The SMILES string of the molecule is Nc1ncc(Oc2ccc(Cl)cc2)c(N[C@@H]2CCC[C@@H]2CCO)n1.Nc1ncc(Oc2ccc(Cl)cc2)c(N[C@H]2CC[C@@H](CCO)C2)n1. The second kappa shape index (κ2) is 17.3. The topological polar surface area (TPSA) is 187 Å². The number of nitrogens with two attached hydrogens (primary N) is 2. The van der Waals surface area contributed by atoms with E-state index in [1.165, 1.54) is 0 Å². The Morgan fingerprint density at radius 2 is 1.25 bits per heavy atom. The maximum Gasteiger partial charge on any atom is 0.222 e. The number of aliphatic hydroxyl groups is 2. The molecule has 4 aromatic rings. The van der Waals surface area contributed by atoms with Gasteiger partial charge in [-0.05, 0) is 105 Å². The van der Waals surface area contributed by atoms with Gasteiger partial charge in [0.2, 0.25) is 11.9 Å². The highest BCUT2D eigenvalue weighted by atomic mass is 35.5. The van der Waals surface area contributed by atoms with Crippen molar-refractivity contribution in [2.75, 3.05) is 35.3 Å². The molecule has 6 rings (SSSR count). The van der Waals surface area contributed by atoms with Crippen molar-refractivity contribution < 1.29 is 19.7 Å². The predicted octanol–water partition coefficient (Wildman–Crippen LogP) is 6.94. The first kappa shape index (κ1) is 35.2. The molecule has 0 aliphatic heterocycles. The lowest BCUT2D eigenvalue weighted by Crippen LogP contribution is -2.25. The summed E-state index contributed by atoms with van der Waals surface area (Å²) in [5.74, 6) is 4.87. The van der Waals surface area contributed by atoms with E-state index in [1.54, 1.807) is 60.9 Å². The zero-order valence-electron chi connectivity index (χ0n) is 26.6. The average Bonchev–Trinajstić information content (AvgIpc) is 3.71. The number of aliphatic hydroxyl groups excluding tert-OH is 2. The lowest BCUT2D eigenvalue weighted by atomic mass is 10.00. The Hall–Kier alpha value is -4.10. The van der Waals surface area contributed by atoms with Gasteiger partial charge in [-0.3, -0.25) is 0 Å². The van der Waals surface area contributed by atoms with Gasteiger partial charge >= 0.3 is 0 Å². The molecule has 2 aliphatic rings. The quantitative estimate of drug-likeness (QED) is 0.0897. The van der Waals surface area contributed by atoms with Gasteiger partial charge in [0.15, 0.2) is 23.1 Å². The Kier molecular flexibility index (Phi) is 12.7. The third kappa shape index (κ3) is 10.2. The first-order valence-corrected chi connectivity index (χ1v) is 16.9. The van der Waals surface area contributed by atoms with E-state index in [-0.39, 0.29) is 31.2 Å². The first-order chi connectivity index (χ1) is 23.3. The van der Waals surface area contributed by atoms with Gasteiger partial charge in [0.05, 0.1) is 12.4 Å². The second-order valence-corrected chi connectivity index (χ2v) is 12.9. The molecule has 0 radical (unpaired) electrons. The van der Waals surface area contributed by atoms with Gasteiger partial charge in [-0.25, -0.2) is 9.97 Å². The molecule has 12 nitrogen and oxygen atoms in total. The van der Waals surface area contributed by atoms with Crippen molar-refractivity contribution in [1.29, 1.82) is 0 Å². The summed E-state index contributed by atoms with van der Waals surface area (Å²) in [6.07, 6.45) is 11.2. The number of benzene rings is 2. The average molecular weight is 698 g/mol. The Balaban J connectivity index is 0.000000188. The van der Waals surface area contributed by atoms with E-state index in [9.17, 15) is 5.11 Å². The third-order valence-electron chi connectivity index (χ3n) is 8.53. The van der Waals surface area contributed by atoms with E-state index in [4.69, 9.17) is 49.2 Å². The van der Waals surface area contributed by atoms with Crippen molar-refractivity contribution in [3.63, 3.8) is 0 Å². The number of nitrogen functional groups attached to an aromatic ring is 2. The Morgan fingerprint density at radius 3 is 1.79 bits per heavy atom. The molecule has 0 saturated heterocycles. The molecule has 256 valence electrons. The molecule has 14 heteroatoms. The van der Waals surface area contributed by atoms with Crippen LogP contribution in [0.3, 0.4) is 0 Å². The van der Waals surface area contributed by atoms with Gasteiger partial charge < -0.3 is 41.8 Å². The Morgan fingerprint density at radius 1 is 0.708 bits per heavy atom. The Bertz CT molecular complexity index is 1600. The minimum Gasteiger partial charge on any atom is -0.452 e. The number of ether oxygens (including phenoxy) is 2. The number of rotatable bonds is 12. The van der Waals surface area contributed by atoms with Crippen LogP contribution in [0.5, 0.6) is 23.0 Å². The van der Waals surface area contributed by atoms with Crippen molar-refractivity contribution in [3.05, 3.63) is 71.0 Å². The van der Waals surface area contributed by atoms with Crippen molar-refractivity contribution in [1.82, 2.24) is 19.9 Å². The highest BCUT2D eigenvalue weighted by Crippen LogP contribution is 2.36. The number of halogens is 2. The molecule has 8 N–H and O–H groups in total. The van der Waals surface area contributed by atoms with Gasteiger partial charge in [-0.15, -0.1) is 0 Å². The highest BCUT2D eigenvalue weighted by molar-refractivity contribution is 6.30. The number of hydrogen-bond donors (Lipinski definition) is 6. The van der Waals surface area contributed by atoms with Crippen molar-refractivity contribution in [2.45, 2.75) is 63.5 Å². The molecule has 2 aromatic heterocycles. The van der Waals surface area contributed by atoms with E-state index in [2.05, 4.69) is 30.6 Å². The largest absolute Gasteiger partial charge is 0.452 e. The standard InChI is InChI=1S/2C17H21ClN4O2/c18-12-2-5-14(6-3-12)24-15-10-20-17(19)22-16(15)21-13-4-1-11(9-13)7-8-23;18-12-4-6-13(7-5-12)24-15-10-20-17(19)22-16(15)21-14-3-1-2-11(14)8-9-23/h2-3,5-6,10-11,13,23H,1,4,7-9H2,(H3,19,20,21,22);4-7,10-11,14,23H,1-3,8-9H2,(H3,19,20,21,22)/t11-,13-;11-,14-/m01/s1. The van der Waals surface area contributed by atoms with Crippen LogP contribution in [0.25, 0.3) is 0 Å². The number of nitrogens with zero attached hydrogens (tertiary/aromatic N) is 4. The van der Waals surface area contributed by atoms with Crippen LogP contribution >= 0.6 is 23.2 Å². The molecule has 2 aliphatic carbocycles. The summed E-state index contributed by atoms with van der Waals surface area (Å²) in [5.41, 5.74) is 11.5. The van der Waals surface area contributed by atoms with Crippen molar-refractivity contribution in [3.8, 4) is 23.0 Å². The molecule has 2 fully saturated rings. The smallest absolute Gasteiger partial charge is 0.222 e. The lowest BCUT2D eigenvalue weighted by Gasteiger charge is -2.22. The summed E-state index contributed by atoms with van der Waals surface area (Å²) in [4.78, 5) is 16.6. The summed E-state index contributed by atoms with van der Waals surface area (Å²) < 4.78 is 11.7. The van der Waals surface area contributed by atoms with Crippen LogP contribution in [-0.4, -0.2) is 55.4 Å². The number of hydrogen-bond acceptors (Lipinski definition) is 12. The number of nitrogens with one attached hydrogen (secondary N) is 2. The third-order valence-corrected chi connectivity index (χ3v) is 9.03. The van der Waals surface area contributed by atoms with Crippen molar-refractivity contribution >= 4 is 46.7 Å². The van der Waals surface area contributed by atoms with Crippen LogP contribution in [0.2, 0.25) is 10.0 Å². The molecule has 0 spiro atoms. The van der Waals surface area contributed by atoms with Crippen LogP contribution in [0.1, 0.15) is 51.4 Å². The Labute approximate surface area is 290 Å². The lowest BCUT2D eigenvalue weighted by molar-refractivity contribution is 0.254. The highest BCUT2D eigenvalue weighted by Gasteiger charge is 2.28. The minimum absolute atomic E-state index is 0.192. The van der Waals surface area contributed by atoms with Crippen LogP contribution < -0.4 is 31.6 Å². The van der Waals surface area contributed by atoms with Crippen LogP contribution in [0, 0.1) is 11.8 Å². The molecule has 2 aromatic carbocycles. The zero-order chi connectivity index (χ0) is 33.9. The second-order valence-electron chi connectivity index (χ2n) is 12.0. The van der Waals surface area contributed by atoms with E-state index in [0.717, 1.165) is 51.4 Å². The molecule has 2 heterocycles. The monoisotopic (exact) mass is 696 g/mol. The van der Waals surface area contributed by atoms with E-state index in [1.807, 2.05) is 0 Å². The maximum absolute atomic E-state index is 9.22. The molecule has 0 amide bonds. The summed E-state index contributed by atoms with van der Waals surface area (Å²) in [6.45, 7) is 0.436. The van der Waals surface area contributed by atoms with Crippen molar-refractivity contribution in [2.24, 2.45) is 11.8 Å². The minimum atomic E-state index is 0.192. The fourth-order valence-corrected chi connectivity index (χ4v) is 6.39. The molecule has 0 bridgehead atoms. The van der Waals surface area contributed by atoms with E-state index >= 15 is 0 Å². The van der Waals surface area contributed by atoms with Gasteiger partial charge in [0.25, 0.3) is 0 Å². The molecule has 4 atom stereocenters. The van der Waals surface area contributed by atoms with E-state index < -0.39 is 0 Å². The zero-order valence-corrected chi connectivity index (χ0v) is 28.1. The summed E-state index contributed by atoms with van der Waals surface area (Å²) >= 11 is 11.8. The van der Waals surface area contributed by atoms with Crippen LogP contribution in [0.15, 0.2) is 60.9 Å². The molecule has 2 saturated carbocycles. The number of aromatic nitrogens is 4. The van der Waals surface area contributed by atoms with Crippen LogP contribution in [-0.2, 0) is 0 Å². The number of anilines is 4. The molecule has 0 unspecified atom stereocenters. The fourth-order valence-electron chi connectivity index (χ4n) is 6.14. The van der Waals surface area contributed by atoms with Gasteiger partial charge in [-0.1, -0.05) is 29.6 Å². The summed E-state index contributed by atoms with van der Waals surface area (Å²) in [7, 11) is 0. The summed E-state index contributed by atoms with van der Waals surface area (Å²) in [5, 5.41) is 26.4. The van der Waals surface area contributed by atoms with Gasteiger partial charge in [0.1, 0.15) is 11.5 Å². The van der Waals surface area contributed by atoms with E-state index in [0.29, 0.717) is 62.6 Å². The van der Waals surface area contributed by atoms with Gasteiger partial charge in [0, 0.05) is 35.3 Å². The predicted molar refractivity (Wildman–Crippen MR) is 189 cm³/mol. The normalized spacial score (nSPS) is 20.1. The fraction of sp³-hybridized carbons (Fsp3) is 0.412. The van der Waals surface area contributed by atoms with Gasteiger partial charge in [-0.2, -0.15) is 9.97 Å². The summed E-state index contributed by atoms with van der Waals surface area (Å²) in [6, 6.07) is 14.7. The molecular formula is C34H42Cl2N8O4. The first-order valence-electron chi connectivity index (χ1n) is 16.2. The van der Waals surface area contributed by atoms with Crippen LogP contribution in [0.4, 0.5) is 23.5 Å².